The molecular weight excluding hydrogens is 324 g/mol. The Balaban J connectivity index is 1.80. The first-order valence-corrected chi connectivity index (χ1v) is 7.29. The second kappa shape index (κ2) is 7.26. The number of furan rings is 1. The number of ether oxygens (including phenoxy) is 1. The van der Waals surface area contributed by atoms with Crippen molar-refractivity contribution in [3.63, 3.8) is 0 Å². The van der Waals surface area contributed by atoms with E-state index in [2.05, 4.69) is 15.5 Å². The van der Waals surface area contributed by atoms with Gasteiger partial charge in [-0.1, -0.05) is 0 Å². The van der Waals surface area contributed by atoms with E-state index in [1.54, 1.807) is 48.8 Å². The van der Waals surface area contributed by atoms with Crippen molar-refractivity contribution in [1.82, 2.24) is 4.98 Å². The maximum Gasteiger partial charge on any atom is 0.284 e. The molecule has 0 unspecified atom stereocenters. The number of rotatable bonds is 6. The number of methoxy groups -OCH3 is 1. The Morgan fingerprint density at radius 3 is 2.76 bits per heavy atom. The van der Waals surface area contributed by atoms with E-state index in [0.717, 1.165) is 5.69 Å². The van der Waals surface area contributed by atoms with E-state index in [9.17, 15) is 10.1 Å². The topological polar surface area (TPSA) is 103 Å². The minimum absolute atomic E-state index is 0.0906. The summed E-state index contributed by atoms with van der Waals surface area (Å²) in [5.74, 6) is 1.24. The molecule has 0 fully saturated rings. The van der Waals surface area contributed by atoms with Gasteiger partial charge in [0.1, 0.15) is 17.3 Å². The summed E-state index contributed by atoms with van der Waals surface area (Å²) in [6.07, 6.45) is 4.77. The minimum atomic E-state index is -0.473. The molecule has 0 aliphatic rings. The third-order valence-corrected chi connectivity index (χ3v) is 3.36. The molecule has 1 aromatic carbocycles. The molecule has 2 aromatic heterocycles. The van der Waals surface area contributed by atoms with Gasteiger partial charge >= 0.3 is 0 Å². The van der Waals surface area contributed by atoms with Crippen LogP contribution < -0.4 is 10.2 Å². The highest BCUT2D eigenvalue weighted by molar-refractivity contribution is 5.79. The molecule has 25 heavy (non-hydrogen) atoms. The highest BCUT2D eigenvalue weighted by atomic mass is 16.6. The number of aromatic nitrogens is 1. The lowest BCUT2D eigenvalue weighted by molar-refractivity contribution is -0.384. The van der Waals surface area contributed by atoms with Crippen LogP contribution in [0.2, 0.25) is 0 Å². The Bertz CT molecular complexity index is 906. The molecule has 3 aromatic rings. The fourth-order valence-corrected chi connectivity index (χ4v) is 2.16. The van der Waals surface area contributed by atoms with Crippen LogP contribution in [-0.2, 0) is 0 Å². The quantitative estimate of drug-likeness (QED) is 0.417. The number of hydrazone groups is 1. The van der Waals surface area contributed by atoms with Crippen molar-refractivity contribution in [2.45, 2.75) is 0 Å². The zero-order valence-electron chi connectivity index (χ0n) is 13.2. The van der Waals surface area contributed by atoms with Crippen molar-refractivity contribution in [3.8, 4) is 17.1 Å². The zero-order chi connectivity index (χ0) is 17.6. The molecule has 0 amide bonds. The second-order valence-electron chi connectivity index (χ2n) is 4.95. The van der Waals surface area contributed by atoms with Gasteiger partial charge in [0.25, 0.3) is 5.69 Å². The van der Waals surface area contributed by atoms with Gasteiger partial charge in [-0.15, -0.1) is 0 Å². The standard InChI is InChI=1S/C17H14N4O4/c1-24-13-2-4-15(16(10-13)21(22)23)17-5-3-14(25-17)11-19-20-12-6-8-18-9-7-12/h2-11H,1H3,(H,18,20)/b19-11+. The average molecular weight is 338 g/mol. The van der Waals surface area contributed by atoms with Crippen LogP contribution in [0.3, 0.4) is 0 Å². The third kappa shape index (κ3) is 3.81. The molecule has 0 aliphatic heterocycles. The van der Waals surface area contributed by atoms with Gasteiger partial charge in [0.2, 0.25) is 0 Å². The average Bonchev–Trinajstić information content (AvgIpc) is 3.10. The molecule has 0 saturated heterocycles. The van der Waals surface area contributed by atoms with Gasteiger partial charge in [-0.2, -0.15) is 5.10 Å². The summed E-state index contributed by atoms with van der Waals surface area (Å²) in [6, 6.07) is 11.5. The second-order valence-corrected chi connectivity index (χ2v) is 4.95. The monoisotopic (exact) mass is 338 g/mol. The molecule has 0 bridgehead atoms. The number of hydrogen-bond acceptors (Lipinski definition) is 7. The molecule has 0 saturated carbocycles. The lowest BCUT2D eigenvalue weighted by Crippen LogP contribution is -1.93. The normalized spacial score (nSPS) is 10.8. The molecule has 0 atom stereocenters. The third-order valence-electron chi connectivity index (χ3n) is 3.36. The van der Waals surface area contributed by atoms with E-state index in [1.165, 1.54) is 19.4 Å². The Labute approximate surface area is 142 Å². The molecule has 8 nitrogen and oxygen atoms in total. The van der Waals surface area contributed by atoms with Gasteiger partial charge in [0, 0.05) is 12.4 Å². The number of nitrogens with one attached hydrogen (secondary N) is 1. The number of pyridine rings is 1. The van der Waals surface area contributed by atoms with E-state index in [1.807, 2.05) is 0 Å². The van der Waals surface area contributed by atoms with Crippen molar-refractivity contribution < 1.29 is 14.1 Å². The maximum atomic E-state index is 11.3. The molecule has 0 radical (unpaired) electrons. The Kier molecular flexibility index (Phi) is 4.70. The van der Waals surface area contributed by atoms with Crippen molar-refractivity contribution in [1.29, 1.82) is 0 Å². The SMILES string of the molecule is COc1ccc(-c2ccc(/C=N/Nc3ccncc3)o2)c([N+](=O)[O-])c1. The summed E-state index contributed by atoms with van der Waals surface area (Å²) in [6.45, 7) is 0. The van der Waals surface area contributed by atoms with Crippen molar-refractivity contribution in [2.24, 2.45) is 5.10 Å². The van der Waals surface area contributed by atoms with Crippen LogP contribution in [0.4, 0.5) is 11.4 Å². The maximum absolute atomic E-state index is 11.3. The highest BCUT2D eigenvalue weighted by Crippen LogP contribution is 2.33. The highest BCUT2D eigenvalue weighted by Gasteiger charge is 2.19. The van der Waals surface area contributed by atoms with Crippen molar-refractivity contribution >= 4 is 17.6 Å². The number of nitro benzene ring substituents is 1. The van der Waals surface area contributed by atoms with Crippen LogP contribution in [-0.4, -0.2) is 23.2 Å². The van der Waals surface area contributed by atoms with E-state index >= 15 is 0 Å². The van der Waals surface area contributed by atoms with Crippen LogP contribution >= 0.6 is 0 Å². The van der Waals surface area contributed by atoms with Gasteiger partial charge < -0.3 is 9.15 Å². The number of hydrogen-bond donors (Lipinski definition) is 1. The zero-order valence-corrected chi connectivity index (χ0v) is 13.2. The fraction of sp³-hybridized carbons (Fsp3) is 0.0588. The minimum Gasteiger partial charge on any atom is -0.497 e. The summed E-state index contributed by atoms with van der Waals surface area (Å²) in [5, 5.41) is 15.3. The van der Waals surface area contributed by atoms with Crippen molar-refractivity contribution in [2.75, 3.05) is 12.5 Å². The smallest absolute Gasteiger partial charge is 0.284 e. The summed E-state index contributed by atoms with van der Waals surface area (Å²) in [7, 11) is 1.45. The number of nitro groups is 1. The molecule has 0 spiro atoms. The van der Waals surface area contributed by atoms with E-state index in [0.29, 0.717) is 22.8 Å². The molecule has 0 aliphatic carbocycles. The molecule has 8 heteroatoms. The molecule has 3 rings (SSSR count). The van der Waals surface area contributed by atoms with E-state index < -0.39 is 4.92 Å². The van der Waals surface area contributed by atoms with Crippen LogP contribution in [0.5, 0.6) is 5.75 Å². The molecule has 1 N–H and O–H groups in total. The predicted octanol–water partition coefficient (Wildman–Crippen LogP) is 3.70. The fourth-order valence-electron chi connectivity index (χ4n) is 2.16. The van der Waals surface area contributed by atoms with Gasteiger partial charge in [-0.05, 0) is 36.4 Å². The van der Waals surface area contributed by atoms with E-state index in [4.69, 9.17) is 9.15 Å². The van der Waals surface area contributed by atoms with Gasteiger partial charge in [-0.3, -0.25) is 20.5 Å². The summed E-state index contributed by atoms with van der Waals surface area (Å²) < 4.78 is 10.7. The first kappa shape index (κ1) is 16.2. The largest absolute Gasteiger partial charge is 0.497 e. The predicted molar refractivity (Wildman–Crippen MR) is 92.8 cm³/mol. The van der Waals surface area contributed by atoms with Gasteiger partial charge in [0.15, 0.2) is 0 Å². The summed E-state index contributed by atoms with van der Waals surface area (Å²) in [4.78, 5) is 14.7. The van der Waals surface area contributed by atoms with Gasteiger partial charge in [-0.25, -0.2) is 0 Å². The summed E-state index contributed by atoms with van der Waals surface area (Å²) in [5.41, 5.74) is 3.89. The molecular formula is C17H14N4O4. The van der Waals surface area contributed by atoms with Crippen LogP contribution in [0, 0.1) is 10.1 Å². The lowest BCUT2D eigenvalue weighted by atomic mass is 10.1. The number of benzene rings is 1. The number of nitrogens with zero attached hydrogens (tertiary/aromatic N) is 3. The van der Waals surface area contributed by atoms with E-state index in [-0.39, 0.29) is 5.69 Å². The first-order chi connectivity index (χ1) is 12.2. The molecule has 2 heterocycles. The van der Waals surface area contributed by atoms with Crippen LogP contribution in [0.25, 0.3) is 11.3 Å². The van der Waals surface area contributed by atoms with Crippen molar-refractivity contribution in [3.05, 3.63) is 70.7 Å². The van der Waals surface area contributed by atoms with Crippen LogP contribution in [0.1, 0.15) is 5.76 Å². The lowest BCUT2D eigenvalue weighted by Gasteiger charge is -2.03. The Hall–Kier alpha value is -3.68. The Morgan fingerprint density at radius 1 is 1.24 bits per heavy atom. The Morgan fingerprint density at radius 2 is 2.04 bits per heavy atom. The van der Waals surface area contributed by atoms with Gasteiger partial charge in [0.05, 0.1) is 35.6 Å². The molecule has 126 valence electrons. The van der Waals surface area contributed by atoms with Crippen LogP contribution in [0.15, 0.2) is 64.4 Å². The number of anilines is 1. The summed E-state index contributed by atoms with van der Waals surface area (Å²) >= 11 is 0. The first-order valence-electron chi connectivity index (χ1n) is 7.29.